The Hall–Kier alpha value is -0.370. The maximum Gasteiger partial charge on any atom is 0.0889 e. The fourth-order valence-electron chi connectivity index (χ4n) is 0.592. The zero-order valence-corrected chi connectivity index (χ0v) is 4.73. The number of nitrogens with one attached hydrogen (secondary N) is 1. The predicted molar refractivity (Wildman–Crippen MR) is 30.6 cm³/mol. The Morgan fingerprint density at radius 3 is 2.71 bits per heavy atom. The molecule has 0 fully saturated rings. The van der Waals surface area contributed by atoms with E-state index in [4.69, 9.17) is 0 Å². The quantitative estimate of drug-likeness (QED) is 0.466. The van der Waals surface area contributed by atoms with Crippen molar-refractivity contribution in [3.05, 3.63) is 0 Å². The van der Waals surface area contributed by atoms with Crippen LogP contribution in [-0.4, -0.2) is 18.4 Å². The van der Waals surface area contributed by atoms with Gasteiger partial charge in [0, 0.05) is 11.8 Å². The van der Waals surface area contributed by atoms with Gasteiger partial charge in [0.25, 0.3) is 0 Å². The summed E-state index contributed by atoms with van der Waals surface area (Å²) in [5, 5.41) is 3.17. The van der Waals surface area contributed by atoms with Gasteiger partial charge in [-0.05, 0) is 13.8 Å². The van der Waals surface area contributed by atoms with Crippen LogP contribution in [0.1, 0.15) is 13.8 Å². The van der Waals surface area contributed by atoms with Crippen LogP contribution >= 0.6 is 0 Å². The van der Waals surface area contributed by atoms with Gasteiger partial charge in [0.05, 0.1) is 6.67 Å². The SMILES string of the molecule is CC1=NCNC1C. The smallest absolute Gasteiger partial charge is 0.0889 e. The van der Waals surface area contributed by atoms with E-state index in [1.165, 1.54) is 5.71 Å². The van der Waals surface area contributed by atoms with E-state index in [0.717, 1.165) is 6.67 Å². The lowest BCUT2D eigenvalue weighted by Crippen LogP contribution is -2.24. The van der Waals surface area contributed by atoms with Crippen molar-refractivity contribution in [1.82, 2.24) is 5.32 Å². The molecule has 0 aromatic rings. The Morgan fingerprint density at radius 1 is 1.86 bits per heavy atom. The van der Waals surface area contributed by atoms with Crippen LogP contribution in [0.2, 0.25) is 0 Å². The molecule has 1 heterocycles. The molecule has 1 N–H and O–H groups in total. The lowest BCUT2D eigenvalue weighted by Gasteiger charge is -1.98. The van der Waals surface area contributed by atoms with E-state index in [-0.39, 0.29) is 0 Å². The van der Waals surface area contributed by atoms with Crippen LogP contribution in [0, 0.1) is 0 Å². The van der Waals surface area contributed by atoms with Crippen LogP contribution in [0.25, 0.3) is 0 Å². The Morgan fingerprint density at radius 2 is 2.57 bits per heavy atom. The van der Waals surface area contributed by atoms with Gasteiger partial charge < -0.3 is 0 Å². The van der Waals surface area contributed by atoms with E-state index in [9.17, 15) is 0 Å². The third-order valence-corrected chi connectivity index (χ3v) is 1.35. The summed E-state index contributed by atoms with van der Waals surface area (Å²) in [6, 6.07) is 0.514. The molecule has 0 saturated carbocycles. The molecule has 1 unspecified atom stereocenters. The zero-order chi connectivity index (χ0) is 5.28. The maximum absolute atomic E-state index is 4.12. The molecule has 0 aromatic carbocycles. The van der Waals surface area contributed by atoms with Crippen molar-refractivity contribution in [2.45, 2.75) is 19.9 Å². The molecular formula is C5H10N2. The van der Waals surface area contributed by atoms with Gasteiger partial charge in [-0.3, -0.25) is 10.3 Å². The summed E-state index contributed by atoms with van der Waals surface area (Å²) in [7, 11) is 0. The number of aliphatic imine (C=N–C) groups is 1. The van der Waals surface area contributed by atoms with E-state index >= 15 is 0 Å². The molecular weight excluding hydrogens is 88.1 g/mol. The molecule has 2 heteroatoms. The van der Waals surface area contributed by atoms with Gasteiger partial charge in [0.15, 0.2) is 0 Å². The minimum Gasteiger partial charge on any atom is -0.290 e. The second kappa shape index (κ2) is 1.62. The van der Waals surface area contributed by atoms with Crippen molar-refractivity contribution in [2.24, 2.45) is 4.99 Å². The first kappa shape index (κ1) is 4.78. The molecule has 0 spiro atoms. The van der Waals surface area contributed by atoms with Crippen LogP contribution in [0.4, 0.5) is 0 Å². The summed E-state index contributed by atoms with van der Waals surface area (Å²) in [5.74, 6) is 0. The highest BCUT2D eigenvalue weighted by atomic mass is 15.1. The van der Waals surface area contributed by atoms with Crippen LogP contribution < -0.4 is 5.32 Å². The highest BCUT2D eigenvalue weighted by Gasteiger charge is 2.07. The van der Waals surface area contributed by atoms with Gasteiger partial charge in [-0.15, -0.1) is 0 Å². The number of nitrogens with zero attached hydrogens (tertiary/aromatic N) is 1. The molecule has 1 atom stereocenters. The third kappa shape index (κ3) is 0.800. The molecule has 0 saturated heterocycles. The van der Waals surface area contributed by atoms with Crippen LogP contribution in [-0.2, 0) is 0 Å². The molecule has 0 radical (unpaired) electrons. The number of rotatable bonds is 0. The summed E-state index contributed by atoms with van der Waals surface area (Å²) >= 11 is 0. The van der Waals surface area contributed by atoms with E-state index < -0.39 is 0 Å². The molecule has 0 aromatic heterocycles. The molecule has 1 aliphatic rings. The topological polar surface area (TPSA) is 24.4 Å². The summed E-state index contributed by atoms with van der Waals surface area (Å²) in [6.45, 7) is 4.98. The average Bonchev–Trinajstić information content (AvgIpc) is 1.91. The van der Waals surface area contributed by atoms with Gasteiger partial charge >= 0.3 is 0 Å². The van der Waals surface area contributed by atoms with Crippen LogP contribution in [0.5, 0.6) is 0 Å². The zero-order valence-electron chi connectivity index (χ0n) is 4.73. The molecule has 0 amide bonds. The van der Waals surface area contributed by atoms with Crippen LogP contribution in [0.3, 0.4) is 0 Å². The van der Waals surface area contributed by atoms with E-state index in [0.29, 0.717) is 6.04 Å². The minimum absolute atomic E-state index is 0.514. The lowest BCUT2D eigenvalue weighted by molar-refractivity contribution is 0.725. The Balaban J connectivity index is 2.54. The van der Waals surface area contributed by atoms with E-state index in [1.807, 2.05) is 6.92 Å². The summed E-state index contributed by atoms with van der Waals surface area (Å²) in [4.78, 5) is 4.12. The van der Waals surface area contributed by atoms with Gasteiger partial charge in [-0.1, -0.05) is 0 Å². The fraction of sp³-hybridized carbons (Fsp3) is 0.800. The van der Waals surface area contributed by atoms with E-state index in [1.54, 1.807) is 0 Å². The average molecular weight is 98.1 g/mol. The summed E-state index contributed by atoms with van der Waals surface area (Å²) < 4.78 is 0. The fourth-order valence-corrected chi connectivity index (χ4v) is 0.592. The van der Waals surface area contributed by atoms with Crippen molar-refractivity contribution < 1.29 is 0 Å². The second-order valence-electron chi connectivity index (χ2n) is 1.88. The molecule has 7 heavy (non-hydrogen) atoms. The van der Waals surface area contributed by atoms with Gasteiger partial charge in [0.1, 0.15) is 0 Å². The molecule has 1 aliphatic heterocycles. The third-order valence-electron chi connectivity index (χ3n) is 1.35. The lowest BCUT2D eigenvalue weighted by atomic mass is 10.2. The highest BCUT2D eigenvalue weighted by Crippen LogP contribution is 1.93. The van der Waals surface area contributed by atoms with Crippen molar-refractivity contribution in [3.63, 3.8) is 0 Å². The maximum atomic E-state index is 4.12. The molecule has 40 valence electrons. The molecule has 0 bridgehead atoms. The minimum atomic E-state index is 0.514. The van der Waals surface area contributed by atoms with Crippen LogP contribution in [0.15, 0.2) is 4.99 Å². The molecule has 0 aliphatic carbocycles. The van der Waals surface area contributed by atoms with Gasteiger partial charge in [0.2, 0.25) is 0 Å². The molecule has 1 rings (SSSR count). The first-order valence-electron chi connectivity index (χ1n) is 2.55. The highest BCUT2D eigenvalue weighted by molar-refractivity contribution is 5.88. The van der Waals surface area contributed by atoms with Crippen molar-refractivity contribution in [3.8, 4) is 0 Å². The van der Waals surface area contributed by atoms with Crippen molar-refractivity contribution in [2.75, 3.05) is 6.67 Å². The monoisotopic (exact) mass is 98.1 g/mol. The predicted octanol–water partition coefficient (Wildman–Crippen LogP) is 0.397. The number of hydrogen-bond donors (Lipinski definition) is 1. The van der Waals surface area contributed by atoms with E-state index in [2.05, 4.69) is 17.2 Å². The Kier molecular flexibility index (Phi) is 1.11. The standard InChI is InChI=1S/C5H10N2/c1-4-5(2)7-3-6-4/h4,6H,3H2,1-2H3. The van der Waals surface area contributed by atoms with Crippen molar-refractivity contribution >= 4 is 5.71 Å². The normalized spacial score (nSPS) is 30.6. The first-order valence-corrected chi connectivity index (χ1v) is 2.55. The van der Waals surface area contributed by atoms with Gasteiger partial charge in [-0.25, -0.2) is 0 Å². The number of hydrogen-bond acceptors (Lipinski definition) is 2. The Bertz CT molecular complexity index is 96.3. The summed E-state index contributed by atoms with van der Waals surface area (Å²) in [5.41, 5.74) is 1.22. The van der Waals surface area contributed by atoms with Crippen molar-refractivity contribution in [1.29, 1.82) is 0 Å². The van der Waals surface area contributed by atoms with Gasteiger partial charge in [-0.2, -0.15) is 0 Å². The first-order chi connectivity index (χ1) is 3.30. The Labute approximate surface area is 43.6 Å². The second-order valence-corrected chi connectivity index (χ2v) is 1.88. The summed E-state index contributed by atoms with van der Waals surface area (Å²) in [6.07, 6.45) is 0. The molecule has 2 nitrogen and oxygen atoms in total. The largest absolute Gasteiger partial charge is 0.290 e.